The number of fused-ring (bicyclic) bond motifs is 1. The molecule has 158 valence electrons. The van der Waals surface area contributed by atoms with Crippen molar-refractivity contribution in [1.29, 1.82) is 0 Å². The first-order chi connectivity index (χ1) is 14.6. The number of benzene rings is 3. The molecule has 0 aliphatic heterocycles. The summed E-state index contributed by atoms with van der Waals surface area (Å²) in [6.45, 7) is -1.36. The van der Waals surface area contributed by atoms with E-state index in [1.54, 1.807) is 18.3 Å². The molecule has 3 nitrogen and oxygen atoms in total. The summed E-state index contributed by atoms with van der Waals surface area (Å²) < 4.78 is 51.1. The molecule has 0 fully saturated rings. The van der Waals surface area contributed by atoms with E-state index >= 15 is 0 Å². The SMILES string of the molecule is OB(c1ccc(Cl)cc1)c1cc(F)cc(C(F)(F)F)c1.Oc1cccc2cccnc12. The predicted molar refractivity (Wildman–Crippen MR) is 114 cm³/mol. The lowest BCUT2D eigenvalue weighted by Gasteiger charge is -2.12. The average Bonchev–Trinajstić information content (AvgIpc) is 2.74. The molecule has 0 spiro atoms. The van der Waals surface area contributed by atoms with Crippen LogP contribution in [0.15, 0.2) is 79.0 Å². The minimum absolute atomic E-state index is 0.167. The fraction of sp³-hybridized carbons (Fsp3) is 0.0455. The van der Waals surface area contributed by atoms with Gasteiger partial charge in [-0.3, -0.25) is 4.98 Å². The normalized spacial score (nSPS) is 11.0. The maximum Gasteiger partial charge on any atom is 0.416 e. The molecule has 4 rings (SSSR count). The molecule has 0 saturated heterocycles. The van der Waals surface area contributed by atoms with Gasteiger partial charge >= 0.3 is 13.1 Å². The van der Waals surface area contributed by atoms with Crippen molar-refractivity contribution in [3.05, 3.63) is 95.4 Å². The maximum atomic E-state index is 13.3. The fourth-order valence-electron chi connectivity index (χ4n) is 2.86. The Kier molecular flexibility index (Phi) is 6.82. The van der Waals surface area contributed by atoms with Crippen LogP contribution < -0.4 is 10.9 Å². The monoisotopic (exact) mass is 447 g/mol. The molecule has 2 N–H and O–H groups in total. The van der Waals surface area contributed by atoms with E-state index in [4.69, 9.17) is 11.6 Å². The van der Waals surface area contributed by atoms with Gasteiger partial charge in [-0.05, 0) is 47.3 Å². The molecule has 1 heterocycles. The van der Waals surface area contributed by atoms with E-state index in [0.717, 1.165) is 17.5 Å². The Labute approximate surface area is 180 Å². The minimum Gasteiger partial charge on any atom is -0.506 e. The molecule has 1 aromatic heterocycles. The zero-order valence-corrected chi connectivity index (χ0v) is 16.6. The van der Waals surface area contributed by atoms with E-state index in [-0.39, 0.29) is 11.2 Å². The number of alkyl halides is 3. The highest BCUT2D eigenvalue weighted by molar-refractivity contribution is 6.78. The number of para-hydroxylation sites is 1. The molecule has 4 aromatic rings. The number of hydrogen-bond acceptors (Lipinski definition) is 3. The van der Waals surface area contributed by atoms with Crippen molar-refractivity contribution in [2.75, 3.05) is 0 Å². The molecule has 0 atom stereocenters. The van der Waals surface area contributed by atoms with Gasteiger partial charge in [0.05, 0.1) is 5.56 Å². The van der Waals surface area contributed by atoms with Crippen molar-refractivity contribution in [3.8, 4) is 5.75 Å². The summed E-state index contributed by atoms with van der Waals surface area (Å²) in [4.78, 5) is 4.03. The van der Waals surface area contributed by atoms with E-state index in [0.29, 0.717) is 22.1 Å². The van der Waals surface area contributed by atoms with Crippen LogP contribution >= 0.6 is 11.6 Å². The Morgan fingerprint density at radius 2 is 1.55 bits per heavy atom. The Balaban J connectivity index is 0.000000207. The summed E-state index contributed by atoms with van der Waals surface area (Å²) in [7, 11) is 0. The Morgan fingerprint density at radius 3 is 2.19 bits per heavy atom. The summed E-state index contributed by atoms with van der Waals surface area (Å²) in [6.07, 6.45) is -3.00. The lowest BCUT2D eigenvalue weighted by molar-refractivity contribution is -0.137. The molecule has 9 heteroatoms. The second-order valence-corrected chi connectivity index (χ2v) is 7.01. The number of halogens is 5. The number of aromatic hydroxyl groups is 1. The first kappa shape index (κ1) is 22.6. The van der Waals surface area contributed by atoms with Crippen LogP contribution in [0.25, 0.3) is 10.9 Å². The first-order valence-corrected chi connectivity index (χ1v) is 9.37. The Hall–Kier alpha value is -3.10. The Bertz CT molecular complexity index is 1180. The highest BCUT2D eigenvalue weighted by Crippen LogP contribution is 2.29. The van der Waals surface area contributed by atoms with E-state index in [2.05, 4.69) is 4.98 Å². The molecule has 0 saturated carbocycles. The number of rotatable bonds is 2. The predicted octanol–water partition coefficient (Wildman–Crippen LogP) is 4.54. The Morgan fingerprint density at radius 1 is 0.871 bits per heavy atom. The van der Waals surface area contributed by atoms with Crippen molar-refractivity contribution >= 4 is 40.3 Å². The van der Waals surface area contributed by atoms with E-state index in [1.807, 2.05) is 18.2 Å². The first-order valence-electron chi connectivity index (χ1n) is 8.99. The molecular weight excluding hydrogens is 433 g/mol. The number of hydrogen-bond donors (Lipinski definition) is 2. The highest BCUT2D eigenvalue weighted by Gasteiger charge is 2.32. The van der Waals surface area contributed by atoms with Gasteiger partial charge in [-0.2, -0.15) is 13.2 Å². The number of phenols is 1. The molecular formula is C22H15BClF4NO2. The lowest BCUT2D eigenvalue weighted by atomic mass is 9.56. The van der Waals surface area contributed by atoms with Crippen molar-refractivity contribution in [2.24, 2.45) is 0 Å². The largest absolute Gasteiger partial charge is 0.506 e. The van der Waals surface area contributed by atoms with E-state index in [1.165, 1.54) is 24.3 Å². The van der Waals surface area contributed by atoms with Gasteiger partial charge in [0.2, 0.25) is 0 Å². The minimum atomic E-state index is -4.67. The average molecular weight is 448 g/mol. The van der Waals surface area contributed by atoms with Gasteiger partial charge in [0.1, 0.15) is 17.1 Å². The van der Waals surface area contributed by atoms with Crippen LogP contribution in [0.2, 0.25) is 5.02 Å². The molecule has 0 aliphatic carbocycles. The molecule has 0 radical (unpaired) electrons. The summed E-state index contributed by atoms with van der Waals surface area (Å²) in [6, 6.07) is 17.0. The van der Waals surface area contributed by atoms with Crippen LogP contribution in [0.5, 0.6) is 5.75 Å². The lowest BCUT2D eigenvalue weighted by Crippen LogP contribution is -2.42. The quantitative estimate of drug-likeness (QED) is 0.350. The summed E-state index contributed by atoms with van der Waals surface area (Å²) in [5.41, 5.74) is -0.316. The smallest absolute Gasteiger partial charge is 0.416 e. The van der Waals surface area contributed by atoms with Gasteiger partial charge in [0.15, 0.2) is 0 Å². The summed E-state index contributed by atoms with van der Waals surface area (Å²) in [5, 5.41) is 20.7. The number of phenolic OH excluding ortho intramolecular Hbond substituents is 1. The molecule has 31 heavy (non-hydrogen) atoms. The number of aromatic nitrogens is 1. The van der Waals surface area contributed by atoms with Gasteiger partial charge in [-0.15, -0.1) is 0 Å². The third-order valence-corrected chi connectivity index (χ3v) is 4.61. The standard InChI is InChI=1S/C13H8BClF4O.C9H7NO/c15-11-3-1-9(2-4-11)14(20)10-5-8(13(17,18)19)6-12(16)7-10;11-8-5-1-3-7-4-2-6-10-9(7)8/h1-7,20H;1-6,11H. The second kappa shape index (κ2) is 9.37. The third-order valence-electron chi connectivity index (χ3n) is 4.36. The van der Waals surface area contributed by atoms with Crippen molar-refractivity contribution in [2.45, 2.75) is 6.18 Å². The number of nitrogens with zero attached hydrogens (tertiary/aromatic N) is 1. The fourth-order valence-corrected chi connectivity index (χ4v) is 2.99. The third kappa shape index (κ3) is 5.74. The van der Waals surface area contributed by atoms with Crippen LogP contribution in [0, 0.1) is 5.82 Å². The summed E-state index contributed by atoms with van der Waals surface area (Å²) >= 11 is 5.68. The van der Waals surface area contributed by atoms with Crippen LogP contribution in [0.1, 0.15) is 5.56 Å². The molecule has 0 aliphatic rings. The molecule has 3 aromatic carbocycles. The highest BCUT2D eigenvalue weighted by atomic mass is 35.5. The van der Waals surface area contributed by atoms with Crippen LogP contribution in [0.4, 0.5) is 17.6 Å². The van der Waals surface area contributed by atoms with Crippen LogP contribution in [0.3, 0.4) is 0 Å². The van der Waals surface area contributed by atoms with Gasteiger partial charge in [-0.25, -0.2) is 4.39 Å². The van der Waals surface area contributed by atoms with Crippen molar-refractivity contribution in [3.63, 3.8) is 0 Å². The van der Waals surface area contributed by atoms with Crippen molar-refractivity contribution < 1.29 is 27.7 Å². The molecule has 0 bridgehead atoms. The number of pyridine rings is 1. The zero-order valence-electron chi connectivity index (χ0n) is 15.8. The van der Waals surface area contributed by atoms with E-state index < -0.39 is 24.5 Å². The van der Waals surface area contributed by atoms with Crippen LogP contribution in [-0.4, -0.2) is 22.0 Å². The van der Waals surface area contributed by atoms with Crippen molar-refractivity contribution in [1.82, 2.24) is 4.98 Å². The van der Waals surface area contributed by atoms with Gasteiger partial charge in [-0.1, -0.05) is 48.0 Å². The second-order valence-electron chi connectivity index (χ2n) is 6.58. The van der Waals surface area contributed by atoms with E-state index in [9.17, 15) is 27.7 Å². The maximum absolute atomic E-state index is 13.3. The topological polar surface area (TPSA) is 53.4 Å². The molecule has 0 amide bonds. The van der Waals surface area contributed by atoms with Gasteiger partial charge in [0.25, 0.3) is 0 Å². The van der Waals surface area contributed by atoms with Gasteiger partial charge < -0.3 is 10.1 Å². The molecule has 0 unspecified atom stereocenters. The van der Waals surface area contributed by atoms with Crippen LogP contribution in [-0.2, 0) is 6.18 Å². The van der Waals surface area contributed by atoms with Gasteiger partial charge in [0, 0.05) is 16.6 Å². The zero-order chi connectivity index (χ0) is 22.6. The summed E-state index contributed by atoms with van der Waals surface area (Å²) in [5.74, 6) is -0.814.